The number of hydrazine groups is 1. The predicted octanol–water partition coefficient (Wildman–Crippen LogP) is 3.25. The number of amides is 1. The summed E-state index contributed by atoms with van der Waals surface area (Å²) in [7, 11) is 0. The molecule has 5 heteroatoms. The van der Waals surface area contributed by atoms with E-state index in [1.807, 2.05) is 26.8 Å². The summed E-state index contributed by atoms with van der Waals surface area (Å²) >= 11 is 0. The van der Waals surface area contributed by atoms with Gasteiger partial charge >= 0.3 is 0 Å². The van der Waals surface area contributed by atoms with Crippen LogP contribution in [0.4, 0.5) is 5.69 Å². The van der Waals surface area contributed by atoms with Crippen LogP contribution in [0, 0.1) is 23.8 Å². The summed E-state index contributed by atoms with van der Waals surface area (Å²) in [5.41, 5.74) is 2.11. The molecule has 0 aliphatic carbocycles. The average molecular weight is 348 g/mol. The Labute approximate surface area is 155 Å². The van der Waals surface area contributed by atoms with Crippen molar-refractivity contribution in [3.05, 3.63) is 65.8 Å². The number of hydrogen-bond donors (Lipinski definition) is 2. The molecule has 1 aromatic carbocycles. The van der Waals surface area contributed by atoms with Crippen LogP contribution in [0.25, 0.3) is 0 Å². The SMILES string of the molecule is C#CN(N)C/C(C)=C\C=C(/C=C)C(=O)Nc1cccc(C(C)(C)C#N)c1. The fourth-order valence-electron chi connectivity index (χ4n) is 2.09. The van der Waals surface area contributed by atoms with Crippen LogP contribution in [0.3, 0.4) is 0 Å². The average Bonchev–Trinajstić information content (AvgIpc) is 2.62. The van der Waals surface area contributed by atoms with Gasteiger partial charge in [0.1, 0.15) is 0 Å². The number of carbonyl (C=O) groups is 1. The molecule has 0 radical (unpaired) electrons. The Morgan fingerprint density at radius 2 is 2.15 bits per heavy atom. The van der Waals surface area contributed by atoms with Gasteiger partial charge in [-0.1, -0.05) is 42.9 Å². The number of nitriles is 1. The zero-order valence-electron chi connectivity index (χ0n) is 15.4. The molecule has 0 fully saturated rings. The number of nitrogens with one attached hydrogen (secondary N) is 1. The molecule has 0 spiro atoms. The molecule has 5 nitrogen and oxygen atoms in total. The minimum Gasteiger partial charge on any atom is -0.322 e. The molecule has 134 valence electrons. The molecule has 0 heterocycles. The lowest BCUT2D eigenvalue weighted by molar-refractivity contribution is -0.112. The van der Waals surface area contributed by atoms with Crippen molar-refractivity contribution in [2.24, 2.45) is 5.84 Å². The van der Waals surface area contributed by atoms with Crippen molar-refractivity contribution >= 4 is 11.6 Å². The Morgan fingerprint density at radius 1 is 1.46 bits per heavy atom. The number of benzene rings is 1. The van der Waals surface area contributed by atoms with Crippen LogP contribution in [0.2, 0.25) is 0 Å². The highest BCUT2D eigenvalue weighted by molar-refractivity contribution is 6.05. The highest BCUT2D eigenvalue weighted by atomic mass is 16.1. The number of anilines is 1. The van der Waals surface area contributed by atoms with Gasteiger partial charge in [-0.15, -0.1) is 0 Å². The van der Waals surface area contributed by atoms with E-state index in [2.05, 4.69) is 24.0 Å². The van der Waals surface area contributed by atoms with E-state index in [1.54, 1.807) is 30.4 Å². The van der Waals surface area contributed by atoms with Gasteiger partial charge in [0.2, 0.25) is 0 Å². The number of rotatable bonds is 7. The number of carbonyl (C=O) groups excluding carboxylic acids is 1. The summed E-state index contributed by atoms with van der Waals surface area (Å²) in [4.78, 5) is 12.5. The van der Waals surface area contributed by atoms with Gasteiger partial charge < -0.3 is 5.32 Å². The fraction of sp³-hybridized carbons (Fsp3) is 0.238. The number of nitrogens with zero attached hydrogens (tertiary/aromatic N) is 2. The molecule has 0 saturated heterocycles. The first-order valence-corrected chi connectivity index (χ1v) is 8.05. The van der Waals surface area contributed by atoms with Gasteiger partial charge in [0, 0.05) is 17.3 Å². The Kier molecular flexibility index (Phi) is 7.40. The standard InChI is InChI=1S/C21H24N4O/c1-6-17(12-11-16(3)14-25(23)7-2)20(26)24-19-10-8-9-18(13-19)21(4,5)15-22/h2,6,8-13H,1,14,23H2,3-5H3,(H,24,26)/b16-11-,17-12+. The van der Waals surface area contributed by atoms with Crippen LogP contribution in [-0.4, -0.2) is 17.5 Å². The fourth-order valence-corrected chi connectivity index (χ4v) is 2.09. The van der Waals surface area contributed by atoms with E-state index in [0.717, 1.165) is 11.1 Å². The van der Waals surface area contributed by atoms with E-state index in [-0.39, 0.29) is 5.91 Å². The van der Waals surface area contributed by atoms with Gasteiger partial charge in [-0.25, -0.2) is 5.84 Å². The first-order valence-electron chi connectivity index (χ1n) is 8.05. The summed E-state index contributed by atoms with van der Waals surface area (Å²) < 4.78 is 0. The van der Waals surface area contributed by atoms with Crippen molar-refractivity contribution in [3.63, 3.8) is 0 Å². The van der Waals surface area contributed by atoms with Gasteiger partial charge in [-0.05, 0) is 44.5 Å². The molecule has 0 aliphatic heterocycles. The molecule has 1 rings (SSSR count). The van der Waals surface area contributed by atoms with Crippen LogP contribution in [0.15, 0.2) is 60.2 Å². The molecule has 26 heavy (non-hydrogen) atoms. The van der Waals surface area contributed by atoms with Gasteiger partial charge in [-0.2, -0.15) is 5.26 Å². The lowest BCUT2D eigenvalue weighted by Crippen LogP contribution is -2.26. The minimum absolute atomic E-state index is 0.294. The largest absolute Gasteiger partial charge is 0.322 e. The van der Waals surface area contributed by atoms with E-state index in [9.17, 15) is 10.1 Å². The van der Waals surface area contributed by atoms with Gasteiger partial charge in [0.25, 0.3) is 5.91 Å². The van der Waals surface area contributed by atoms with Crippen molar-refractivity contribution < 1.29 is 4.79 Å². The smallest absolute Gasteiger partial charge is 0.255 e. The molecule has 1 amide bonds. The quantitative estimate of drug-likeness (QED) is 0.198. The normalized spacial score (nSPS) is 11.9. The van der Waals surface area contributed by atoms with Crippen LogP contribution in [0.1, 0.15) is 26.3 Å². The monoisotopic (exact) mass is 348 g/mol. The van der Waals surface area contributed by atoms with Crippen LogP contribution in [-0.2, 0) is 10.2 Å². The first-order chi connectivity index (χ1) is 12.2. The van der Waals surface area contributed by atoms with Crippen molar-refractivity contribution in [2.75, 3.05) is 11.9 Å². The summed E-state index contributed by atoms with van der Waals surface area (Å²) in [5.74, 6) is 5.25. The third-order valence-electron chi connectivity index (χ3n) is 3.74. The predicted molar refractivity (Wildman–Crippen MR) is 105 cm³/mol. The van der Waals surface area contributed by atoms with Crippen LogP contribution >= 0.6 is 0 Å². The second-order valence-corrected chi connectivity index (χ2v) is 6.37. The van der Waals surface area contributed by atoms with Gasteiger partial charge in [0.15, 0.2) is 0 Å². The third kappa shape index (κ3) is 5.98. The molecular formula is C21H24N4O. The molecule has 0 aromatic heterocycles. The first kappa shape index (κ1) is 20.8. The van der Waals surface area contributed by atoms with Gasteiger partial charge in [-0.3, -0.25) is 9.80 Å². The number of terminal acetylenes is 1. The Balaban J connectivity index is 2.95. The zero-order valence-corrected chi connectivity index (χ0v) is 15.4. The maximum absolute atomic E-state index is 12.5. The maximum atomic E-state index is 12.5. The molecule has 3 N–H and O–H groups in total. The summed E-state index contributed by atoms with van der Waals surface area (Å²) in [6, 6.07) is 11.8. The van der Waals surface area contributed by atoms with Gasteiger partial charge in [0.05, 0.1) is 18.0 Å². The minimum atomic E-state index is -0.636. The highest BCUT2D eigenvalue weighted by Crippen LogP contribution is 2.24. The maximum Gasteiger partial charge on any atom is 0.255 e. The number of nitrogens with two attached hydrogens (primary N) is 1. The molecule has 0 saturated carbocycles. The second-order valence-electron chi connectivity index (χ2n) is 6.37. The summed E-state index contributed by atoms with van der Waals surface area (Å²) in [5, 5.41) is 13.3. The summed E-state index contributed by atoms with van der Waals surface area (Å²) in [6.07, 6.45) is 10.1. The molecular weight excluding hydrogens is 324 g/mol. The second kappa shape index (κ2) is 9.27. The topological polar surface area (TPSA) is 82.2 Å². The van der Waals surface area contributed by atoms with E-state index in [1.165, 1.54) is 11.1 Å². The van der Waals surface area contributed by atoms with Crippen molar-refractivity contribution in [3.8, 4) is 18.5 Å². The van der Waals surface area contributed by atoms with Crippen molar-refractivity contribution in [2.45, 2.75) is 26.2 Å². The molecule has 1 aromatic rings. The Hall–Kier alpha value is -3.28. The van der Waals surface area contributed by atoms with E-state index in [0.29, 0.717) is 17.8 Å². The lowest BCUT2D eigenvalue weighted by atomic mass is 9.86. The zero-order chi connectivity index (χ0) is 19.7. The molecule has 0 aliphatic rings. The van der Waals surface area contributed by atoms with Crippen LogP contribution in [0.5, 0.6) is 0 Å². The number of allylic oxidation sites excluding steroid dienone is 2. The summed E-state index contributed by atoms with van der Waals surface area (Å²) in [6.45, 7) is 9.59. The highest BCUT2D eigenvalue weighted by Gasteiger charge is 2.20. The van der Waals surface area contributed by atoms with Crippen LogP contribution < -0.4 is 11.2 Å². The molecule has 0 unspecified atom stereocenters. The lowest BCUT2D eigenvalue weighted by Gasteiger charge is -2.17. The van der Waals surface area contributed by atoms with Crippen molar-refractivity contribution in [1.29, 1.82) is 5.26 Å². The Bertz CT molecular complexity index is 819. The van der Waals surface area contributed by atoms with E-state index in [4.69, 9.17) is 12.3 Å². The molecule has 0 atom stereocenters. The Morgan fingerprint density at radius 3 is 2.73 bits per heavy atom. The van der Waals surface area contributed by atoms with E-state index < -0.39 is 5.41 Å². The number of hydrogen-bond acceptors (Lipinski definition) is 4. The third-order valence-corrected chi connectivity index (χ3v) is 3.74. The van der Waals surface area contributed by atoms with Crippen molar-refractivity contribution in [1.82, 2.24) is 5.01 Å². The molecule has 0 bridgehead atoms. The van der Waals surface area contributed by atoms with E-state index >= 15 is 0 Å².